The molecular formula is C22H26N4OS. The first-order valence-electron chi connectivity index (χ1n) is 9.81. The van der Waals surface area contributed by atoms with Crippen LogP contribution in [0.2, 0.25) is 0 Å². The number of carbonyl (C=O) groups is 1. The second-order valence-electron chi connectivity index (χ2n) is 8.37. The predicted molar refractivity (Wildman–Crippen MR) is 115 cm³/mol. The molecule has 0 unspecified atom stereocenters. The molecule has 146 valence electrons. The fourth-order valence-corrected chi connectivity index (χ4v) is 4.83. The fraction of sp³-hybridized carbons (Fsp3) is 0.409. The van der Waals surface area contributed by atoms with Crippen LogP contribution in [0.25, 0.3) is 10.2 Å². The maximum atomic E-state index is 12.3. The molecule has 3 aromatic rings. The van der Waals surface area contributed by atoms with Gasteiger partial charge < -0.3 is 10.6 Å². The number of carbonyl (C=O) groups excluding carboxylic acids is 1. The lowest BCUT2D eigenvalue weighted by atomic mass is 9.97. The largest absolute Gasteiger partial charge is 0.365 e. The number of aromatic nitrogens is 2. The van der Waals surface area contributed by atoms with Gasteiger partial charge in [-0.05, 0) is 69.7 Å². The first-order valence-corrected chi connectivity index (χ1v) is 10.6. The number of nitrogens with one attached hydrogen (secondary N) is 2. The molecule has 0 saturated carbocycles. The zero-order chi connectivity index (χ0) is 19.7. The van der Waals surface area contributed by atoms with Crippen molar-refractivity contribution < 1.29 is 4.79 Å². The van der Waals surface area contributed by atoms with Crippen LogP contribution in [0.3, 0.4) is 0 Å². The van der Waals surface area contributed by atoms with Crippen LogP contribution in [0, 0.1) is 0 Å². The normalized spacial score (nSPS) is 14.0. The number of rotatable bonds is 4. The maximum absolute atomic E-state index is 12.3. The quantitative estimate of drug-likeness (QED) is 0.672. The predicted octanol–water partition coefficient (Wildman–Crippen LogP) is 4.71. The van der Waals surface area contributed by atoms with Crippen molar-refractivity contribution >= 4 is 33.3 Å². The number of fused-ring (bicyclic) bond motifs is 3. The van der Waals surface area contributed by atoms with Crippen molar-refractivity contribution in [2.45, 2.75) is 58.5 Å². The summed E-state index contributed by atoms with van der Waals surface area (Å²) in [4.78, 5) is 23.8. The van der Waals surface area contributed by atoms with Crippen LogP contribution in [-0.4, -0.2) is 21.4 Å². The second kappa shape index (κ2) is 7.51. The van der Waals surface area contributed by atoms with E-state index in [1.165, 1.54) is 28.7 Å². The van der Waals surface area contributed by atoms with Crippen molar-refractivity contribution in [1.82, 2.24) is 15.3 Å². The minimum atomic E-state index is -0.241. The zero-order valence-electron chi connectivity index (χ0n) is 16.6. The minimum absolute atomic E-state index is 0.0468. The van der Waals surface area contributed by atoms with Gasteiger partial charge in [0.25, 0.3) is 5.91 Å². The highest BCUT2D eigenvalue weighted by molar-refractivity contribution is 7.19. The highest BCUT2D eigenvalue weighted by Crippen LogP contribution is 2.38. The van der Waals surface area contributed by atoms with Gasteiger partial charge in [-0.1, -0.05) is 12.1 Å². The SMILES string of the molecule is CC(C)(C)NC(=O)c1ccc(CNc2ncnc3sc4c(c23)CCCC4)cc1. The van der Waals surface area contributed by atoms with Gasteiger partial charge in [0, 0.05) is 22.5 Å². The lowest BCUT2D eigenvalue weighted by Crippen LogP contribution is -2.40. The molecule has 0 bridgehead atoms. The summed E-state index contributed by atoms with van der Waals surface area (Å²) in [5.74, 6) is 0.869. The number of benzene rings is 1. The summed E-state index contributed by atoms with van der Waals surface area (Å²) < 4.78 is 0. The molecule has 0 fully saturated rings. The van der Waals surface area contributed by atoms with Crippen molar-refractivity contribution in [3.05, 3.63) is 52.2 Å². The summed E-state index contributed by atoms with van der Waals surface area (Å²) in [6.07, 6.45) is 6.44. The van der Waals surface area contributed by atoms with E-state index >= 15 is 0 Å². The molecular weight excluding hydrogens is 368 g/mol. The van der Waals surface area contributed by atoms with Gasteiger partial charge in [-0.3, -0.25) is 4.79 Å². The first kappa shape index (κ1) is 18.9. The van der Waals surface area contributed by atoms with Crippen LogP contribution in [0.1, 0.15) is 60.0 Å². The number of hydrogen-bond donors (Lipinski definition) is 2. The molecule has 1 aliphatic rings. The van der Waals surface area contributed by atoms with Crippen LogP contribution < -0.4 is 10.6 Å². The van der Waals surface area contributed by atoms with Crippen LogP contribution in [-0.2, 0) is 19.4 Å². The number of thiophene rings is 1. The van der Waals surface area contributed by atoms with Gasteiger partial charge in [0.2, 0.25) is 0 Å². The molecule has 1 aromatic carbocycles. The number of nitrogens with zero attached hydrogens (tertiary/aromatic N) is 2. The highest BCUT2D eigenvalue weighted by Gasteiger charge is 2.20. The summed E-state index contributed by atoms with van der Waals surface area (Å²) in [5.41, 5.74) is 2.98. The van der Waals surface area contributed by atoms with Crippen molar-refractivity contribution in [2.75, 3.05) is 5.32 Å². The van der Waals surface area contributed by atoms with Crippen LogP contribution in [0.15, 0.2) is 30.6 Å². The van der Waals surface area contributed by atoms with Gasteiger partial charge in [-0.15, -0.1) is 11.3 Å². The van der Waals surface area contributed by atoms with Crippen LogP contribution >= 0.6 is 11.3 Å². The Balaban J connectivity index is 1.49. The lowest BCUT2D eigenvalue weighted by Gasteiger charge is -2.20. The topological polar surface area (TPSA) is 66.9 Å². The van der Waals surface area contributed by atoms with Gasteiger partial charge in [0.05, 0.1) is 5.39 Å². The molecule has 6 heteroatoms. The van der Waals surface area contributed by atoms with E-state index in [1.54, 1.807) is 6.33 Å². The van der Waals surface area contributed by atoms with E-state index in [2.05, 4.69) is 20.6 Å². The summed E-state index contributed by atoms with van der Waals surface area (Å²) >= 11 is 1.81. The van der Waals surface area contributed by atoms with Gasteiger partial charge in [-0.2, -0.15) is 0 Å². The van der Waals surface area contributed by atoms with Gasteiger partial charge in [-0.25, -0.2) is 9.97 Å². The molecule has 0 aliphatic heterocycles. The van der Waals surface area contributed by atoms with E-state index in [0.717, 1.165) is 29.1 Å². The summed E-state index contributed by atoms with van der Waals surface area (Å²) in [6.45, 7) is 6.61. The van der Waals surface area contributed by atoms with E-state index in [4.69, 9.17) is 0 Å². The number of amides is 1. The maximum Gasteiger partial charge on any atom is 0.251 e. The molecule has 2 aromatic heterocycles. The third-order valence-corrected chi connectivity index (χ3v) is 6.12. The van der Waals surface area contributed by atoms with Crippen molar-refractivity contribution in [3.8, 4) is 0 Å². The van der Waals surface area contributed by atoms with E-state index < -0.39 is 0 Å². The Bertz CT molecular complexity index is 1000. The Morgan fingerprint density at radius 2 is 1.86 bits per heavy atom. The van der Waals surface area contributed by atoms with Crippen molar-refractivity contribution in [3.63, 3.8) is 0 Å². The lowest BCUT2D eigenvalue weighted by molar-refractivity contribution is 0.0919. The van der Waals surface area contributed by atoms with E-state index in [-0.39, 0.29) is 11.4 Å². The minimum Gasteiger partial charge on any atom is -0.365 e. The van der Waals surface area contributed by atoms with Gasteiger partial charge in [0.15, 0.2) is 0 Å². The van der Waals surface area contributed by atoms with E-state index in [1.807, 2.05) is 56.4 Å². The van der Waals surface area contributed by atoms with E-state index in [9.17, 15) is 4.79 Å². The summed E-state index contributed by atoms with van der Waals surface area (Å²) in [5, 5.41) is 7.67. The number of anilines is 1. The molecule has 1 aliphatic carbocycles. The number of hydrogen-bond acceptors (Lipinski definition) is 5. The Hall–Kier alpha value is -2.47. The third kappa shape index (κ3) is 4.02. The molecule has 0 atom stereocenters. The Morgan fingerprint density at radius 1 is 1.11 bits per heavy atom. The first-order chi connectivity index (χ1) is 13.4. The monoisotopic (exact) mass is 394 g/mol. The average molecular weight is 395 g/mol. The highest BCUT2D eigenvalue weighted by atomic mass is 32.1. The Labute approximate surface area is 169 Å². The molecule has 2 N–H and O–H groups in total. The summed E-state index contributed by atoms with van der Waals surface area (Å²) in [6, 6.07) is 7.73. The third-order valence-electron chi connectivity index (χ3n) is 4.92. The molecule has 4 rings (SSSR count). The van der Waals surface area contributed by atoms with Crippen LogP contribution in [0.5, 0.6) is 0 Å². The molecule has 0 spiro atoms. The Morgan fingerprint density at radius 3 is 2.61 bits per heavy atom. The van der Waals surface area contributed by atoms with Gasteiger partial charge >= 0.3 is 0 Å². The summed E-state index contributed by atoms with van der Waals surface area (Å²) in [7, 11) is 0. The molecule has 1 amide bonds. The molecule has 28 heavy (non-hydrogen) atoms. The molecule has 5 nitrogen and oxygen atoms in total. The molecule has 0 radical (unpaired) electrons. The van der Waals surface area contributed by atoms with Crippen molar-refractivity contribution in [2.24, 2.45) is 0 Å². The molecule has 0 saturated heterocycles. The van der Waals surface area contributed by atoms with E-state index in [0.29, 0.717) is 12.1 Å². The number of aryl methyl sites for hydroxylation is 2. The zero-order valence-corrected chi connectivity index (χ0v) is 17.4. The van der Waals surface area contributed by atoms with Crippen LogP contribution in [0.4, 0.5) is 5.82 Å². The smallest absolute Gasteiger partial charge is 0.251 e. The average Bonchev–Trinajstić information content (AvgIpc) is 3.04. The Kier molecular flexibility index (Phi) is 5.06. The second-order valence-corrected chi connectivity index (χ2v) is 9.45. The fourth-order valence-electron chi connectivity index (χ4n) is 3.60. The molecule has 2 heterocycles. The van der Waals surface area contributed by atoms with Crippen molar-refractivity contribution in [1.29, 1.82) is 0 Å². The standard InChI is InChI=1S/C22H26N4OS/c1-22(2,3)26-20(27)15-10-8-14(9-11-15)12-23-19-18-16-6-4-5-7-17(16)28-21(18)25-13-24-19/h8-11,13H,4-7,12H2,1-3H3,(H,26,27)(H,23,24,25). The van der Waals surface area contributed by atoms with Gasteiger partial charge in [0.1, 0.15) is 17.0 Å².